The fourth-order valence-corrected chi connectivity index (χ4v) is 6.93. The number of carbonyl (C=O) groups excluding carboxylic acids is 2. The lowest BCUT2D eigenvalue weighted by atomic mass is 9.75. The normalized spacial score (nSPS) is 16.9. The molecule has 0 spiro atoms. The van der Waals surface area contributed by atoms with E-state index in [1.807, 2.05) is 70.0 Å². The predicted molar refractivity (Wildman–Crippen MR) is 188 cm³/mol. The Kier molecular flexibility index (Phi) is 9.38. The monoisotopic (exact) mass is 665 g/mol. The topological polar surface area (TPSA) is 134 Å². The number of anilines is 1. The van der Waals surface area contributed by atoms with Crippen molar-refractivity contribution in [2.75, 3.05) is 31.1 Å². The number of piperidine rings is 2. The summed E-state index contributed by atoms with van der Waals surface area (Å²) in [6, 6.07) is 10.8. The van der Waals surface area contributed by atoms with Crippen molar-refractivity contribution in [2.24, 2.45) is 5.41 Å². The number of amides is 2. The number of rotatable bonds is 7. The molecule has 4 aromatic rings. The van der Waals surface area contributed by atoms with Crippen molar-refractivity contribution in [3.63, 3.8) is 0 Å². The van der Waals surface area contributed by atoms with Crippen LogP contribution in [0.4, 0.5) is 10.5 Å². The van der Waals surface area contributed by atoms with E-state index < -0.39 is 5.60 Å². The number of nitrogens with one attached hydrogen (secondary N) is 1. The minimum atomic E-state index is -0.522. The van der Waals surface area contributed by atoms with E-state index in [4.69, 9.17) is 9.72 Å². The largest absolute Gasteiger partial charge is 0.444 e. The summed E-state index contributed by atoms with van der Waals surface area (Å²) in [5.74, 6) is 0.165. The fraction of sp³-hybridized carbons (Fsp3) is 0.514. The number of nitrogens with zero attached hydrogens (tertiary/aromatic N) is 8. The summed E-state index contributed by atoms with van der Waals surface area (Å²) in [4.78, 5) is 34.8. The highest BCUT2D eigenvalue weighted by molar-refractivity contribution is 5.84. The molecule has 1 aromatic carbocycles. The zero-order valence-electron chi connectivity index (χ0n) is 29.4. The van der Waals surface area contributed by atoms with Crippen molar-refractivity contribution in [2.45, 2.75) is 91.3 Å². The van der Waals surface area contributed by atoms with Gasteiger partial charge < -0.3 is 19.9 Å². The minimum absolute atomic E-state index is 0.129. The highest BCUT2D eigenvalue weighted by Crippen LogP contribution is 2.38. The lowest BCUT2D eigenvalue weighted by Gasteiger charge is -2.41. The molecule has 2 fully saturated rings. The number of hydrogen-bond donors (Lipinski definition) is 1. The lowest BCUT2D eigenvalue weighted by molar-refractivity contribution is -0.133. The Morgan fingerprint density at radius 3 is 2.33 bits per heavy atom. The maximum absolute atomic E-state index is 13.0. The molecule has 2 aliphatic rings. The Balaban J connectivity index is 1.20. The molecule has 12 heteroatoms. The molecular weight excluding hydrogens is 618 g/mol. The minimum Gasteiger partial charge on any atom is -0.444 e. The standard InChI is InChI=1S/C37H47N9O3/c1-7-37(34(47)41-25(2)3)14-18-43(19-15-37)29-10-8-26(9-11-29)32-33-27(20-38)21-40-46(33)24-31(42-32)28-22-39-45(23-28)30-12-16-44(17-13-30)35(48)49-36(4,5)6/h8-11,21-25,30H,7,12-19H2,1-6H3,(H,41,47). The number of fused-ring (bicyclic) bond motifs is 1. The molecule has 5 heterocycles. The summed E-state index contributed by atoms with van der Waals surface area (Å²) in [5.41, 5.74) is 4.46. The Morgan fingerprint density at radius 1 is 1.02 bits per heavy atom. The van der Waals surface area contributed by atoms with Gasteiger partial charge in [-0.25, -0.2) is 14.3 Å². The number of ether oxygens (including phenoxy) is 1. The summed E-state index contributed by atoms with van der Waals surface area (Å²) in [6.07, 6.45) is 10.9. The number of benzene rings is 1. The Hall–Kier alpha value is -4.92. The quantitative estimate of drug-likeness (QED) is 0.246. The van der Waals surface area contributed by atoms with Gasteiger partial charge in [-0.3, -0.25) is 9.48 Å². The molecule has 258 valence electrons. The molecule has 2 amide bonds. The number of nitriles is 1. The van der Waals surface area contributed by atoms with Gasteiger partial charge in [0.05, 0.1) is 41.4 Å². The molecule has 0 radical (unpaired) electrons. The summed E-state index contributed by atoms with van der Waals surface area (Å²) < 4.78 is 9.23. The number of aromatic nitrogens is 5. The molecule has 12 nitrogen and oxygen atoms in total. The molecule has 0 unspecified atom stereocenters. The molecule has 0 bridgehead atoms. The number of likely N-dealkylation sites (tertiary alicyclic amines) is 1. The van der Waals surface area contributed by atoms with Crippen LogP contribution >= 0.6 is 0 Å². The smallest absolute Gasteiger partial charge is 0.410 e. The van der Waals surface area contributed by atoms with Gasteiger partial charge in [0.15, 0.2) is 0 Å². The van der Waals surface area contributed by atoms with E-state index in [2.05, 4.69) is 45.5 Å². The Labute approximate surface area is 288 Å². The van der Waals surface area contributed by atoms with Crippen LogP contribution in [0.5, 0.6) is 0 Å². The van der Waals surface area contributed by atoms with E-state index in [1.165, 1.54) is 0 Å². The average Bonchev–Trinajstić information content (AvgIpc) is 3.75. The molecule has 2 saturated heterocycles. The van der Waals surface area contributed by atoms with Crippen LogP contribution in [0.3, 0.4) is 0 Å². The summed E-state index contributed by atoms with van der Waals surface area (Å²) >= 11 is 0. The van der Waals surface area contributed by atoms with Crippen LogP contribution in [-0.2, 0) is 9.53 Å². The van der Waals surface area contributed by atoms with Gasteiger partial charge in [0.2, 0.25) is 5.91 Å². The molecule has 0 saturated carbocycles. The molecule has 3 aromatic heterocycles. The third kappa shape index (κ3) is 7.12. The molecule has 6 rings (SSSR count). The maximum atomic E-state index is 13.0. The predicted octanol–water partition coefficient (Wildman–Crippen LogP) is 6.22. The van der Waals surface area contributed by atoms with Gasteiger partial charge in [0.25, 0.3) is 0 Å². The first-order valence-electron chi connectivity index (χ1n) is 17.4. The third-order valence-electron chi connectivity index (χ3n) is 9.81. The van der Waals surface area contributed by atoms with Crippen molar-refractivity contribution in [3.8, 4) is 28.6 Å². The van der Waals surface area contributed by atoms with Crippen LogP contribution in [0.25, 0.3) is 28.0 Å². The van der Waals surface area contributed by atoms with E-state index in [0.717, 1.165) is 62.0 Å². The first kappa shape index (κ1) is 34.0. The second-order valence-electron chi connectivity index (χ2n) is 14.6. The van der Waals surface area contributed by atoms with Gasteiger partial charge >= 0.3 is 6.09 Å². The molecule has 1 N–H and O–H groups in total. The van der Waals surface area contributed by atoms with Gasteiger partial charge in [-0.1, -0.05) is 19.1 Å². The van der Waals surface area contributed by atoms with E-state index in [9.17, 15) is 14.9 Å². The summed E-state index contributed by atoms with van der Waals surface area (Å²) in [5, 5.41) is 22.2. The van der Waals surface area contributed by atoms with E-state index in [-0.39, 0.29) is 29.5 Å². The van der Waals surface area contributed by atoms with Gasteiger partial charge in [0.1, 0.15) is 22.8 Å². The number of hydrogen-bond acceptors (Lipinski definition) is 8. The van der Waals surface area contributed by atoms with Crippen LogP contribution < -0.4 is 10.2 Å². The number of carbonyl (C=O) groups is 2. The summed E-state index contributed by atoms with van der Waals surface area (Å²) in [6.45, 7) is 14.6. The van der Waals surface area contributed by atoms with Crippen molar-refractivity contribution in [1.29, 1.82) is 5.26 Å². The summed E-state index contributed by atoms with van der Waals surface area (Å²) in [7, 11) is 0. The maximum Gasteiger partial charge on any atom is 0.410 e. The van der Waals surface area contributed by atoms with Crippen LogP contribution in [0.1, 0.15) is 85.3 Å². The Morgan fingerprint density at radius 2 is 1.71 bits per heavy atom. The van der Waals surface area contributed by atoms with Crippen LogP contribution in [0, 0.1) is 16.7 Å². The first-order chi connectivity index (χ1) is 23.4. The van der Waals surface area contributed by atoms with Crippen molar-refractivity contribution in [1.82, 2.24) is 34.6 Å². The van der Waals surface area contributed by atoms with Crippen molar-refractivity contribution < 1.29 is 14.3 Å². The average molecular weight is 666 g/mol. The zero-order valence-corrected chi connectivity index (χ0v) is 29.4. The van der Waals surface area contributed by atoms with E-state index in [1.54, 1.807) is 15.6 Å². The fourth-order valence-electron chi connectivity index (χ4n) is 6.93. The molecule has 2 aliphatic heterocycles. The van der Waals surface area contributed by atoms with Crippen LogP contribution in [0.15, 0.2) is 49.1 Å². The van der Waals surface area contributed by atoms with Crippen molar-refractivity contribution in [3.05, 3.63) is 54.6 Å². The molecule has 49 heavy (non-hydrogen) atoms. The van der Waals surface area contributed by atoms with E-state index in [0.29, 0.717) is 35.6 Å². The van der Waals surface area contributed by atoms with Crippen molar-refractivity contribution >= 4 is 23.2 Å². The molecule has 0 atom stereocenters. The lowest BCUT2D eigenvalue weighted by Crippen LogP contribution is -2.50. The second kappa shape index (κ2) is 13.5. The van der Waals surface area contributed by atoms with Gasteiger partial charge in [0, 0.05) is 55.2 Å². The highest BCUT2D eigenvalue weighted by atomic mass is 16.6. The SMILES string of the molecule is CCC1(C(=O)NC(C)C)CCN(c2ccc(-c3nc(-c4cnn(C5CCN(C(=O)OC(C)(C)C)CC5)c4)cn4ncc(C#N)c34)cc2)CC1. The third-order valence-corrected chi connectivity index (χ3v) is 9.81. The zero-order chi connectivity index (χ0) is 34.9. The molecule has 0 aliphatic carbocycles. The van der Waals surface area contributed by atoms with Gasteiger partial charge in [-0.05, 0) is 78.9 Å². The van der Waals surface area contributed by atoms with E-state index >= 15 is 0 Å². The molecular formula is C37H47N9O3. The van der Waals surface area contributed by atoms with Crippen LogP contribution in [-0.4, -0.2) is 79.1 Å². The first-order valence-corrected chi connectivity index (χ1v) is 17.4. The van der Waals surface area contributed by atoms with Gasteiger partial charge in [-0.15, -0.1) is 0 Å². The Bertz CT molecular complexity index is 1850. The van der Waals surface area contributed by atoms with Crippen LogP contribution in [0.2, 0.25) is 0 Å². The highest BCUT2D eigenvalue weighted by Gasteiger charge is 2.40. The second-order valence-corrected chi connectivity index (χ2v) is 14.6. The van der Waals surface area contributed by atoms with Gasteiger partial charge in [-0.2, -0.15) is 15.5 Å².